The zero-order valence-corrected chi connectivity index (χ0v) is 13.5. The van der Waals surface area contributed by atoms with Crippen LogP contribution in [-0.4, -0.2) is 28.2 Å². The largest absolute Gasteiger partial charge is 0.452 e. The number of halogens is 1. The van der Waals surface area contributed by atoms with Gasteiger partial charge in [0, 0.05) is 25.8 Å². The molecule has 0 atom stereocenters. The second-order valence-corrected chi connectivity index (χ2v) is 7.28. The second kappa shape index (κ2) is 7.04. The molecule has 0 unspecified atom stereocenters. The fourth-order valence-electron chi connectivity index (χ4n) is 1.67. The van der Waals surface area contributed by atoms with E-state index in [1.165, 1.54) is 18.9 Å². The number of nitrogens with one attached hydrogen (secondary N) is 1. The predicted octanol–water partition coefficient (Wildman–Crippen LogP) is 1.60. The van der Waals surface area contributed by atoms with Crippen molar-refractivity contribution in [2.75, 3.05) is 19.8 Å². The first kappa shape index (κ1) is 16.0. The minimum absolute atomic E-state index is 0.0804. The van der Waals surface area contributed by atoms with Crippen LogP contribution in [0.15, 0.2) is 20.0 Å². The van der Waals surface area contributed by atoms with Gasteiger partial charge in [-0.1, -0.05) is 0 Å². The number of rotatable bonds is 9. The molecular formula is C12H19BrN2O4S. The lowest BCUT2D eigenvalue weighted by molar-refractivity contribution is 0.123. The third-order valence-electron chi connectivity index (χ3n) is 3.01. The Kier molecular flexibility index (Phi) is 5.62. The molecular weight excluding hydrogens is 348 g/mol. The fraction of sp³-hybridized carbons (Fsp3) is 0.667. The summed E-state index contributed by atoms with van der Waals surface area (Å²) in [7, 11) is -3.57. The van der Waals surface area contributed by atoms with Gasteiger partial charge in [-0.15, -0.1) is 0 Å². The molecule has 1 saturated carbocycles. The van der Waals surface area contributed by atoms with E-state index >= 15 is 0 Å². The first-order valence-electron chi connectivity index (χ1n) is 6.58. The van der Waals surface area contributed by atoms with Crippen LogP contribution >= 0.6 is 15.9 Å². The Hall–Kier alpha value is -0.410. The van der Waals surface area contributed by atoms with Crippen molar-refractivity contribution >= 4 is 26.0 Å². The van der Waals surface area contributed by atoms with E-state index in [1.54, 1.807) is 0 Å². The number of sulfonamides is 1. The Morgan fingerprint density at radius 2 is 2.25 bits per heavy atom. The molecule has 6 nitrogen and oxygen atoms in total. The molecule has 1 fully saturated rings. The molecule has 1 aromatic heterocycles. The highest BCUT2D eigenvalue weighted by Gasteiger charge is 2.22. The third kappa shape index (κ3) is 4.56. The summed E-state index contributed by atoms with van der Waals surface area (Å²) in [6.07, 6.45) is 3.15. The molecule has 0 aromatic carbocycles. The van der Waals surface area contributed by atoms with E-state index < -0.39 is 10.0 Å². The minimum Gasteiger partial charge on any atom is -0.452 e. The van der Waals surface area contributed by atoms with Gasteiger partial charge >= 0.3 is 0 Å². The molecule has 0 aliphatic heterocycles. The van der Waals surface area contributed by atoms with Crippen molar-refractivity contribution in [3.05, 3.63) is 16.5 Å². The molecule has 0 radical (unpaired) electrons. The van der Waals surface area contributed by atoms with Crippen LogP contribution in [0.25, 0.3) is 0 Å². The average Bonchev–Trinajstić information content (AvgIpc) is 3.14. The van der Waals surface area contributed by atoms with Gasteiger partial charge in [0.1, 0.15) is 10.7 Å². The van der Waals surface area contributed by atoms with Crippen molar-refractivity contribution in [3.63, 3.8) is 0 Å². The van der Waals surface area contributed by atoms with Gasteiger partial charge in [0.05, 0.1) is 6.54 Å². The highest BCUT2D eigenvalue weighted by Crippen LogP contribution is 2.28. The van der Waals surface area contributed by atoms with Gasteiger partial charge in [0.15, 0.2) is 4.67 Å². The highest BCUT2D eigenvalue weighted by molar-refractivity contribution is 9.10. The fourth-order valence-corrected chi connectivity index (χ4v) is 3.74. The van der Waals surface area contributed by atoms with Crippen LogP contribution in [0.3, 0.4) is 0 Å². The molecule has 0 amide bonds. The summed E-state index contributed by atoms with van der Waals surface area (Å²) in [5.41, 5.74) is 5.41. The lowest BCUT2D eigenvalue weighted by Gasteiger charge is -2.05. The van der Waals surface area contributed by atoms with Crippen LogP contribution in [0.5, 0.6) is 0 Å². The molecule has 3 N–H and O–H groups in total. The summed E-state index contributed by atoms with van der Waals surface area (Å²) < 4.78 is 37.4. The molecule has 114 valence electrons. The first-order valence-corrected chi connectivity index (χ1v) is 8.86. The zero-order chi connectivity index (χ0) is 14.6. The first-order chi connectivity index (χ1) is 9.53. The van der Waals surface area contributed by atoms with Gasteiger partial charge in [0.2, 0.25) is 10.0 Å². The topological polar surface area (TPSA) is 94.6 Å². The van der Waals surface area contributed by atoms with Crippen LogP contribution in [0.1, 0.15) is 25.0 Å². The van der Waals surface area contributed by atoms with Gasteiger partial charge in [-0.25, -0.2) is 13.1 Å². The van der Waals surface area contributed by atoms with Crippen LogP contribution in [0.4, 0.5) is 0 Å². The quantitative estimate of drug-likeness (QED) is 0.647. The molecule has 8 heteroatoms. The molecule has 1 aliphatic carbocycles. The van der Waals surface area contributed by atoms with Crippen molar-refractivity contribution in [1.29, 1.82) is 0 Å². The van der Waals surface area contributed by atoms with Crippen LogP contribution in [0, 0.1) is 5.92 Å². The maximum Gasteiger partial charge on any atom is 0.244 e. The van der Waals surface area contributed by atoms with E-state index in [2.05, 4.69) is 20.7 Å². The standard InChI is InChI=1S/C12H19BrN2O4S/c13-12-11(6-10(7-14)19-12)20(16,17)15-4-1-5-18-8-9-2-3-9/h6,9,15H,1-5,7-8,14H2. The maximum absolute atomic E-state index is 12.1. The number of hydrogen-bond acceptors (Lipinski definition) is 5. The summed E-state index contributed by atoms with van der Waals surface area (Å²) in [6, 6.07) is 1.43. The van der Waals surface area contributed by atoms with E-state index in [4.69, 9.17) is 14.9 Å². The Morgan fingerprint density at radius 3 is 2.85 bits per heavy atom. The highest BCUT2D eigenvalue weighted by atomic mass is 79.9. The van der Waals surface area contributed by atoms with Crippen LogP contribution in [0.2, 0.25) is 0 Å². The van der Waals surface area contributed by atoms with Gasteiger partial charge in [-0.05, 0) is 41.1 Å². The predicted molar refractivity (Wildman–Crippen MR) is 77.6 cm³/mol. The van der Waals surface area contributed by atoms with Crippen molar-refractivity contribution < 1.29 is 17.6 Å². The number of furan rings is 1. The SMILES string of the molecule is NCc1cc(S(=O)(=O)NCCCOCC2CC2)c(Br)o1. The third-order valence-corrected chi connectivity index (χ3v) is 5.32. The summed E-state index contributed by atoms with van der Waals surface area (Å²) in [4.78, 5) is 0.0804. The summed E-state index contributed by atoms with van der Waals surface area (Å²) in [5.74, 6) is 1.15. The Bertz CT molecular complexity index is 540. The number of ether oxygens (including phenoxy) is 1. The Labute approximate surface area is 127 Å². The van der Waals surface area contributed by atoms with Gasteiger partial charge in [0.25, 0.3) is 0 Å². The van der Waals surface area contributed by atoms with Crippen LogP contribution in [-0.2, 0) is 21.3 Å². The van der Waals surface area contributed by atoms with Crippen LogP contribution < -0.4 is 10.5 Å². The summed E-state index contributed by atoms with van der Waals surface area (Å²) in [5, 5.41) is 0. The van der Waals surface area contributed by atoms with Crippen molar-refractivity contribution in [2.24, 2.45) is 11.7 Å². The van der Waals surface area contributed by atoms with E-state index in [-0.39, 0.29) is 16.1 Å². The molecule has 0 saturated heterocycles. The smallest absolute Gasteiger partial charge is 0.244 e. The van der Waals surface area contributed by atoms with E-state index in [1.807, 2.05) is 0 Å². The lowest BCUT2D eigenvalue weighted by atomic mass is 10.4. The van der Waals surface area contributed by atoms with Crippen molar-refractivity contribution in [2.45, 2.75) is 30.7 Å². The molecule has 20 heavy (non-hydrogen) atoms. The monoisotopic (exact) mass is 366 g/mol. The summed E-state index contributed by atoms with van der Waals surface area (Å²) in [6.45, 7) is 1.85. The van der Waals surface area contributed by atoms with Crippen molar-refractivity contribution in [1.82, 2.24) is 4.72 Å². The molecule has 1 heterocycles. The molecule has 0 bridgehead atoms. The minimum atomic E-state index is -3.57. The average molecular weight is 367 g/mol. The Morgan fingerprint density at radius 1 is 1.50 bits per heavy atom. The van der Waals surface area contributed by atoms with E-state index in [0.29, 0.717) is 25.3 Å². The van der Waals surface area contributed by atoms with Gasteiger partial charge < -0.3 is 14.9 Å². The molecule has 0 spiro atoms. The van der Waals surface area contributed by atoms with Crippen molar-refractivity contribution in [3.8, 4) is 0 Å². The molecule has 1 aliphatic rings. The van der Waals surface area contributed by atoms with Gasteiger partial charge in [-0.2, -0.15) is 0 Å². The number of nitrogens with two attached hydrogens (primary N) is 1. The molecule has 2 rings (SSSR count). The molecule has 1 aromatic rings. The van der Waals surface area contributed by atoms with E-state index in [9.17, 15) is 8.42 Å². The zero-order valence-electron chi connectivity index (χ0n) is 11.1. The van der Waals surface area contributed by atoms with Gasteiger partial charge in [-0.3, -0.25) is 0 Å². The Balaban J connectivity index is 1.75. The normalized spacial score (nSPS) is 15.7. The number of hydrogen-bond donors (Lipinski definition) is 2. The second-order valence-electron chi connectivity index (χ2n) is 4.82. The lowest BCUT2D eigenvalue weighted by Crippen LogP contribution is -2.25. The maximum atomic E-state index is 12.1. The summed E-state index contributed by atoms with van der Waals surface area (Å²) >= 11 is 3.08. The van der Waals surface area contributed by atoms with E-state index in [0.717, 1.165) is 12.5 Å².